The van der Waals surface area contributed by atoms with Crippen molar-refractivity contribution in [3.8, 4) is 0 Å². The third kappa shape index (κ3) is 2.50. The number of amides is 1. The molecule has 0 radical (unpaired) electrons. The van der Waals surface area contributed by atoms with Crippen molar-refractivity contribution in [1.29, 1.82) is 0 Å². The molecule has 0 aliphatic carbocycles. The average Bonchev–Trinajstić information content (AvgIpc) is 3.03. The lowest BCUT2D eigenvalue weighted by Crippen LogP contribution is -2.26. The molecule has 2 aromatic heterocycles. The van der Waals surface area contributed by atoms with Gasteiger partial charge in [0.25, 0.3) is 5.91 Å². The maximum atomic E-state index is 12.2. The number of nitrogens with zero attached hydrogens (tertiary/aromatic N) is 3. The molecular weight excluding hydrogens is 292 g/mol. The largest absolute Gasteiger partial charge is 0.438 e. The molecule has 3 aromatic rings. The zero-order valence-electron chi connectivity index (χ0n) is 11.5. The predicted octanol–water partition coefficient (Wildman–Crippen LogP) is 2.71. The van der Waals surface area contributed by atoms with E-state index in [-0.39, 0.29) is 17.1 Å². The minimum absolute atomic E-state index is 0.289. The second kappa shape index (κ2) is 5.21. The molecule has 1 atom stereocenters. The third-order valence-corrected chi connectivity index (χ3v) is 3.59. The molecule has 0 aliphatic heterocycles. The van der Waals surface area contributed by atoms with Gasteiger partial charge in [-0.1, -0.05) is 23.7 Å². The molecule has 1 unspecified atom stereocenters. The Morgan fingerprint density at radius 3 is 2.86 bits per heavy atom. The van der Waals surface area contributed by atoms with Gasteiger partial charge < -0.3 is 9.73 Å². The van der Waals surface area contributed by atoms with Crippen molar-refractivity contribution in [3.63, 3.8) is 0 Å². The van der Waals surface area contributed by atoms with E-state index in [2.05, 4.69) is 15.4 Å². The average molecular weight is 305 g/mol. The Kier molecular flexibility index (Phi) is 3.39. The lowest BCUT2D eigenvalue weighted by atomic mass is 10.3. The third-order valence-electron chi connectivity index (χ3n) is 3.14. The fourth-order valence-electron chi connectivity index (χ4n) is 1.99. The normalized spacial score (nSPS) is 12.5. The van der Waals surface area contributed by atoms with Crippen LogP contribution in [0, 0.1) is 0 Å². The number of hydrogen-bond donors (Lipinski definition) is 1. The van der Waals surface area contributed by atoms with Crippen LogP contribution >= 0.6 is 11.6 Å². The van der Waals surface area contributed by atoms with E-state index in [0.717, 1.165) is 5.52 Å². The van der Waals surface area contributed by atoms with Crippen LogP contribution in [0.4, 0.5) is 0 Å². The number of nitrogens with one attached hydrogen (secondary N) is 1. The number of halogens is 1. The number of aromatic nitrogens is 3. The van der Waals surface area contributed by atoms with E-state index in [1.165, 1.54) is 10.9 Å². The molecule has 0 aliphatic rings. The van der Waals surface area contributed by atoms with Crippen LogP contribution < -0.4 is 5.32 Å². The number of carbonyl (C=O) groups is 1. The number of para-hydroxylation sites is 2. The molecular formula is C14H13ClN4O2. The van der Waals surface area contributed by atoms with Crippen molar-refractivity contribution in [2.75, 3.05) is 0 Å². The van der Waals surface area contributed by atoms with Gasteiger partial charge in [-0.05, 0) is 19.1 Å². The number of rotatable bonds is 3. The molecule has 0 spiro atoms. The van der Waals surface area contributed by atoms with E-state index in [0.29, 0.717) is 17.0 Å². The van der Waals surface area contributed by atoms with E-state index >= 15 is 0 Å². The van der Waals surface area contributed by atoms with Crippen LogP contribution in [0.25, 0.3) is 11.1 Å². The Bertz CT molecular complexity index is 775. The molecule has 6 nitrogen and oxygen atoms in total. The van der Waals surface area contributed by atoms with E-state index in [1.807, 2.05) is 24.3 Å². The highest BCUT2D eigenvalue weighted by atomic mass is 35.5. The van der Waals surface area contributed by atoms with Crippen LogP contribution in [0.2, 0.25) is 5.15 Å². The summed E-state index contributed by atoms with van der Waals surface area (Å²) in [6.07, 6.45) is 1.43. The van der Waals surface area contributed by atoms with Gasteiger partial charge in [0, 0.05) is 7.05 Å². The molecule has 1 N–H and O–H groups in total. The fourth-order valence-corrected chi connectivity index (χ4v) is 2.16. The summed E-state index contributed by atoms with van der Waals surface area (Å²) < 4.78 is 7.05. The fraction of sp³-hybridized carbons (Fsp3) is 0.214. The maximum Gasteiger partial charge on any atom is 0.256 e. The topological polar surface area (TPSA) is 73.0 Å². The number of aryl methyl sites for hydroxylation is 1. The molecule has 108 valence electrons. The summed E-state index contributed by atoms with van der Waals surface area (Å²) in [6.45, 7) is 1.80. The van der Waals surface area contributed by atoms with Crippen LogP contribution in [0.15, 0.2) is 34.9 Å². The Labute approximate surface area is 125 Å². The zero-order valence-corrected chi connectivity index (χ0v) is 12.3. The van der Waals surface area contributed by atoms with Crippen molar-refractivity contribution in [1.82, 2.24) is 20.1 Å². The summed E-state index contributed by atoms with van der Waals surface area (Å²) >= 11 is 6.00. The molecule has 0 bridgehead atoms. The molecule has 2 heterocycles. The summed E-state index contributed by atoms with van der Waals surface area (Å²) in [7, 11) is 1.67. The van der Waals surface area contributed by atoms with E-state index in [1.54, 1.807) is 14.0 Å². The van der Waals surface area contributed by atoms with E-state index in [4.69, 9.17) is 16.0 Å². The summed E-state index contributed by atoms with van der Waals surface area (Å²) in [5.41, 5.74) is 1.77. The first-order valence-corrected chi connectivity index (χ1v) is 6.78. The Morgan fingerprint density at radius 1 is 1.43 bits per heavy atom. The van der Waals surface area contributed by atoms with Crippen LogP contribution in [0.3, 0.4) is 0 Å². The lowest BCUT2D eigenvalue weighted by Gasteiger charge is -2.09. The smallest absolute Gasteiger partial charge is 0.256 e. The molecule has 1 aromatic carbocycles. The van der Waals surface area contributed by atoms with Gasteiger partial charge in [-0.15, -0.1) is 0 Å². The van der Waals surface area contributed by atoms with Crippen LogP contribution in [-0.2, 0) is 7.05 Å². The highest BCUT2D eigenvalue weighted by Crippen LogP contribution is 2.21. The van der Waals surface area contributed by atoms with E-state index < -0.39 is 0 Å². The molecule has 7 heteroatoms. The first kappa shape index (κ1) is 13.6. The van der Waals surface area contributed by atoms with Crippen LogP contribution in [0.5, 0.6) is 0 Å². The molecule has 3 rings (SSSR count). The molecule has 0 saturated carbocycles. The summed E-state index contributed by atoms with van der Waals surface area (Å²) in [4.78, 5) is 16.5. The number of oxazole rings is 1. The maximum absolute atomic E-state index is 12.2. The summed E-state index contributed by atoms with van der Waals surface area (Å²) in [5.74, 6) is 0.132. The van der Waals surface area contributed by atoms with Crippen molar-refractivity contribution in [3.05, 3.63) is 47.1 Å². The molecule has 1 amide bonds. The van der Waals surface area contributed by atoms with Gasteiger partial charge in [-0.2, -0.15) is 5.10 Å². The lowest BCUT2D eigenvalue weighted by molar-refractivity contribution is 0.0934. The van der Waals surface area contributed by atoms with Crippen molar-refractivity contribution >= 4 is 28.6 Å². The Morgan fingerprint density at radius 2 is 2.19 bits per heavy atom. The van der Waals surface area contributed by atoms with Crippen molar-refractivity contribution < 1.29 is 9.21 Å². The Balaban J connectivity index is 1.81. The SMILES string of the molecule is CC(NC(=O)c1cnn(C)c1Cl)c1nc2ccccc2o1. The second-order valence-corrected chi connectivity index (χ2v) is 5.05. The predicted molar refractivity (Wildman–Crippen MR) is 78.1 cm³/mol. The number of fused-ring (bicyclic) bond motifs is 1. The van der Waals surface area contributed by atoms with Gasteiger partial charge in [-0.3, -0.25) is 9.48 Å². The minimum atomic E-state index is -0.374. The molecule has 0 saturated heterocycles. The van der Waals surface area contributed by atoms with Gasteiger partial charge in [0.1, 0.15) is 16.7 Å². The van der Waals surface area contributed by atoms with E-state index in [9.17, 15) is 4.79 Å². The van der Waals surface area contributed by atoms with Crippen LogP contribution in [0.1, 0.15) is 29.2 Å². The first-order valence-electron chi connectivity index (χ1n) is 6.40. The van der Waals surface area contributed by atoms with Gasteiger partial charge in [0.15, 0.2) is 5.58 Å². The summed E-state index contributed by atoms with van der Waals surface area (Å²) in [6, 6.07) is 7.07. The quantitative estimate of drug-likeness (QED) is 0.807. The van der Waals surface area contributed by atoms with Gasteiger partial charge in [-0.25, -0.2) is 4.98 Å². The zero-order chi connectivity index (χ0) is 15.0. The molecule has 0 fully saturated rings. The highest BCUT2D eigenvalue weighted by Gasteiger charge is 2.20. The molecule has 21 heavy (non-hydrogen) atoms. The number of benzene rings is 1. The standard InChI is InChI=1S/C14H13ClN4O2/c1-8(14-18-10-5-3-4-6-11(10)21-14)17-13(20)9-7-16-19(2)12(9)15/h3-8H,1-2H3,(H,17,20). The monoisotopic (exact) mass is 304 g/mol. The summed E-state index contributed by atoms with van der Waals surface area (Å²) in [5, 5.41) is 7.02. The van der Waals surface area contributed by atoms with Crippen molar-refractivity contribution in [2.45, 2.75) is 13.0 Å². The Hall–Kier alpha value is -2.34. The van der Waals surface area contributed by atoms with Gasteiger partial charge >= 0.3 is 0 Å². The first-order chi connectivity index (χ1) is 10.1. The minimum Gasteiger partial charge on any atom is -0.438 e. The number of carbonyl (C=O) groups excluding carboxylic acids is 1. The van der Waals surface area contributed by atoms with Gasteiger partial charge in [0.05, 0.1) is 11.8 Å². The number of hydrogen-bond acceptors (Lipinski definition) is 4. The van der Waals surface area contributed by atoms with Crippen LogP contribution in [-0.4, -0.2) is 20.7 Å². The second-order valence-electron chi connectivity index (χ2n) is 4.69. The van der Waals surface area contributed by atoms with Gasteiger partial charge in [0.2, 0.25) is 5.89 Å². The van der Waals surface area contributed by atoms with Crippen molar-refractivity contribution in [2.24, 2.45) is 7.05 Å². The highest BCUT2D eigenvalue weighted by molar-refractivity contribution is 6.32.